The molecule has 0 saturated carbocycles. The minimum Gasteiger partial charge on any atom is -0.495 e. The van der Waals surface area contributed by atoms with E-state index in [1.807, 2.05) is 13.1 Å². The van der Waals surface area contributed by atoms with E-state index in [-0.39, 0.29) is 12.6 Å². The summed E-state index contributed by atoms with van der Waals surface area (Å²) in [6.07, 6.45) is 2.82. The zero-order valence-electron chi connectivity index (χ0n) is 18.0. The van der Waals surface area contributed by atoms with Gasteiger partial charge in [0.25, 0.3) is 0 Å². The normalized spacial score (nSPS) is 13.4. The highest BCUT2D eigenvalue weighted by Gasteiger charge is 2.25. The van der Waals surface area contributed by atoms with Gasteiger partial charge < -0.3 is 19.9 Å². The average molecular weight is 433 g/mol. The van der Waals surface area contributed by atoms with Gasteiger partial charge in [0.15, 0.2) is 5.82 Å². The molecule has 3 heterocycles. The number of nitrogens with one attached hydrogen (secondary N) is 1. The highest BCUT2D eigenvalue weighted by Crippen LogP contribution is 2.29. The van der Waals surface area contributed by atoms with E-state index in [1.54, 1.807) is 36.0 Å². The number of carbonyl (C=O) groups is 1. The van der Waals surface area contributed by atoms with Crippen LogP contribution in [0.1, 0.15) is 50.0 Å². The summed E-state index contributed by atoms with van der Waals surface area (Å²) in [4.78, 5) is 16.1. The van der Waals surface area contributed by atoms with E-state index in [4.69, 9.17) is 9.47 Å². The van der Waals surface area contributed by atoms with Crippen molar-refractivity contribution in [3.63, 3.8) is 0 Å². The van der Waals surface area contributed by atoms with E-state index in [9.17, 15) is 15.2 Å². The van der Waals surface area contributed by atoms with Crippen molar-refractivity contribution in [1.29, 1.82) is 5.26 Å². The number of benzene rings is 1. The molecule has 1 aliphatic rings. The first-order valence-corrected chi connectivity index (χ1v) is 10.1. The lowest BCUT2D eigenvalue weighted by Crippen LogP contribution is -2.21. The monoisotopic (exact) mass is 433 g/mol. The number of cyclic esters (lactones) is 1. The fraction of sp³-hybridized carbons (Fsp3) is 0.304. The van der Waals surface area contributed by atoms with Crippen LogP contribution in [0.25, 0.3) is 5.82 Å². The standard InChI is InChI=1S/C23H23N5O4/c1-13-16(4-5-17-19(13)12-32-23(17)30)20(29)10-25-8-15-9-26-28(11-15)22-6-21(31-3)18(7-24)14(2)27-22/h4-6,9,11,20,25,29H,8,10,12H2,1-3H3/t20-/m0/s1. The van der Waals surface area contributed by atoms with Gasteiger partial charge in [-0.15, -0.1) is 0 Å². The summed E-state index contributed by atoms with van der Waals surface area (Å²) in [5.41, 5.74) is 4.94. The van der Waals surface area contributed by atoms with Gasteiger partial charge >= 0.3 is 5.97 Å². The highest BCUT2D eigenvalue weighted by molar-refractivity contribution is 5.93. The number of carbonyl (C=O) groups excluding carboxylic acids is 1. The Balaban J connectivity index is 1.41. The van der Waals surface area contributed by atoms with Crippen LogP contribution in [0.2, 0.25) is 0 Å². The molecule has 2 N–H and O–H groups in total. The molecule has 32 heavy (non-hydrogen) atoms. The van der Waals surface area contributed by atoms with Gasteiger partial charge in [0.1, 0.15) is 24.0 Å². The quantitative estimate of drug-likeness (QED) is 0.544. The number of hydrogen-bond acceptors (Lipinski definition) is 8. The van der Waals surface area contributed by atoms with E-state index in [0.717, 1.165) is 22.3 Å². The third-order valence-electron chi connectivity index (χ3n) is 5.59. The Morgan fingerprint density at radius 1 is 1.41 bits per heavy atom. The Labute approximate surface area is 185 Å². The van der Waals surface area contributed by atoms with Crippen molar-refractivity contribution < 1.29 is 19.4 Å². The molecule has 1 aromatic carbocycles. The number of ether oxygens (including phenoxy) is 2. The van der Waals surface area contributed by atoms with Crippen molar-refractivity contribution in [2.45, 2.75) is 33.1 Å². The zero-order chi connectivity index (χ0) is 22.8. The molecule has 0 aliphatic carbocycles. The van der Waals surface area contributed by atoms with E-state index in [2.05, 4.69) is 21.5 Å². The molecule has 3 aromatic rings. The van der Waals surface area contributed by atoms with Gasteiger partial charge in [-0.05, 0) is 31.0 Å². The van der Waals surface area contributed by atoms with Crippen molar-refractivity contribution in [1.82, 2.24) is 20.1 Å². The summed E-state index contributed by atoms with van der Waals surface area (Å²) in [5.74, 6) is 0.684. The van der Waals surface area contributed by atoms with Crippen LogP contribution >= 0.6 is 0 Å². The average Bonchev–Trinajstić information content (AvgIpc) is 3.40. The van der Waals surface area contributed by atoms with Crippen LogP contribution in [0, 0.1) is 25.2 Å². The summed E-state index contributed by atoms with van der Waals surface area (Å²) in [7, 11) is 1.51. The number of fused-ring (bicyclic) bond motifs is 1. The summed E-state index contributed by atoms with van der Waals surface area (Å²) < 4.78 is 12.0. The predicted molar refractivity (Wildman–Crippen MR) is 114 cm³/mol. The number of esters is 1. The predicted octanol–water partition coefficient (Wildman–Crippen LogP) is 2.26. The van der Waals surface area contributed by atoms with Gasteiger partial charge in [-0.3, -0.25) is 0 Å². The minimum atomic E-state index is -0.724. The molecule has 0 amide bonds. The smallest absolute Gasteiger partial charge is 0.338 e. The van der Waals surface area contributed by atoms with Gasteiger partial charge in [0, 0.05) is 36.5 Å². The fourth-order valence-corrected chi connectivity index (χ4v) is 3.81. The zero-order valence-corrected chi connectivity index (χ0v) is 18.0. The number of aliphatic hydroxyl groups is 1. The lowest BCUT2D eigenvalue weighted by atomic mass is 9.95. The largest absolute Gasteiger partial charge is 0.495 e. The van der Waals surface area contributed by atoms with Crippen LogP contribution in [-0.4, -0.2) is 39.5 Å². The van der Waals surface area contributed by atoms with Crippen molar-refractivity contribution >= 4 is 5.97 Å². The number of aryl methyl sites for hydroxylation is 1. The molecule has 0 unspecified atom stereocenters. The van der Waals surface area contributed by atoms with Crippen LogP contribution in [-0.2, 0) is 17.9 Å². The first kappa shape index (κ1) is 21.5. The Kier molecular flexibility index (Phi) is 5.90. The molecule has 0 saturated heterocycles. The molecule has 0 bridgehead atoms. The SMILES string of the molecule is COc1cc(-n2cc(CNC[C@H](O)c3ccc4c(c3C)COC4=O)cn2)nc(C)c1C#N. The van der Waals surface area contributed by atoms with Crippen LogP contribution in [0.5, 0.6) is 5.75 Å². The van der Waals surface area contributed by atoms with Gasteiger partial charge in [0.2, 0.25) is 0 Å². The molecular formula is C23H23N5O4. The van der Waals surface area contributed by atoms with E-state index in [0.29, 0.717) is 41.5 Å². The molecule has 9 nitrogen and oxygen atoms in total. The second kappa shape index (κ2) is 8.78. The van der Waals surface area contributed by atoms with E-state index >= 15 is 0 Å². The van der Waals surface area contributed by atoms with E-state index < -0.39 is 6.10 Å². The molecule has 0 spiro atoms. The Morgan fingerprint density at radius 3 is 2.97 bits per heavy atom. The van der Waals surface area contributed by atoms with Crippen LogP contribution in [0.3, 0.4) is 0 Å². The second-order valence-electron chi connectivity index (χ2n) is 7.58. The summed E-state index contributed by atoms with van der Waals surface area (Å²) in [5, 5.41) is 27.5. The van der Waals surface area contributed by atoms with Crippen LogP contribution in [0.15, 0.2) is 30.6 Å². The molecule has 0 fully saturated rings. The Morgan fingerprint density at radius 2 is 2.22 bits per heavy atom. The molecule has 0 radical (unpaired) electrons. The number of aromatic nitrogens is 3. The number of rotatable bonds is 7. The maximum atomic E-state index is 11.7. The topological polar surface area (TPSA) is 122 Å². The fourth-order valence-electron chi connectivity index (χ4n) is 3.81. The molecular weight excluding hydrogens is 410 g/mol. The molecule has 1 aliphatic heterocycles. The third-order valence-corrected chi connectivity index (χ3v) is 5.59. The first-order valence-electron chi connectivity index (χ1n) is 10.1. The maximum absolute atomic E-state index is 11.7. The number of nitriles is 1. The van der Waals surface area contributed by atoms with Crippen molar-refractivity contribution in [2.24, 2.45) is 0 Å². The number of nitrogens with zero attached hydrogens (tertiary/aromatic N) is 4. The first-order chi connectivity index (χ1) is 15.4. The second-order valence-corrected chi connectivity index (χ2v) is 7.58. The number of methoxy groups -OCH3 is 1. The number of pyridine rings is 1. The summed E-state index contributed by atoms with van der Waals surface area (Å²) in [6, 6.07) is 7.25. The number of hydrogen-bond donors (Lipinski definition) is 2. The van der Waals surface area contributed by atoms with Crippen LogP contribution in [0.4, 0.5) is 0 Å². The summed E-state index contributed by atoms with van der Waals surface area (Å²) in [6.45, 7) is 4.72. The van der Waals surface area contributed by atoms with Crippen molar-refractivity contribution in [3.8, 4) is 17.6 Å². The Bertz CT molecular complexity index is 1230. The van der Waals surface area contributed by atoms with Gasteiger partial charge in [-0.1, -0.05) is 6.07 Å². The lowest BCUT2D eigenvalue weighted by molar-refractivity contribution is 0.0535. The molecule has 4 rings (SSSR count). The van der Waals surface area contributed by atoms with Crippen molar-refractivity contribution in [3.05, 3.63) is 69.7 Å². The van der Waals surface area contributed by atoms with Crippen molar-refractivity contribution in [2.75, 3.05) is 13.7 Å². The molecule has 9 heteroatoms. The van der Waals surface area contributed by atoms with E-state index in [1.165, 1.54) is 7.11 Å². The van der Waals surface area contributed by atoms with Gasteiger partial charge in [-0.2, -0.15) is 10.4 Å². The van der Waals surface area contributed by atoms with Gasteiger partial charge in [0.05, 0.1) is 30.7 Å². The highest BCUT2D eigenvalue weighted by atomic mass is 16.5. The summed E-state index contributed by atoms with van der Waals surface area (Å²) >= 11 is 0. The number of aliphatic hydroxyl groups excluding tert-OH is 1. The molecule has 2 aromatic heterocycles. The minimum absolute atomic E-state index is 0.251. The van der Waals surface area contributed by atoms with Crippen LogP contribution < -0.4 is 10.1 Å². The maximum Gasteiger partial charge on any atom is 0.338 e. The molecule has 164 valence electrons. The Hall–Kier alpha value is -3.74. The lowest BCUT2D eigenvalue weighted by Gasteiger charge is -2.16. The third kappa shape index (κ3) is 3.93. The molecule has 1 atom stereocenters. The van der Waals surface area contributed by atoms with Gasteiger partial charge in [-0.25, -0.2) is 14.5 Å².